The molecule has 1 aliphatic rings. The number of amides is 1. The van der Waals surface area contributed by atoms with Gasteiger partial charge in [0.2, 0.25) is 5.91 Å². The lowest BCUT2D eigenvalue weighted by atomic mass is 9.93. The van der Waals surface area contributed by atoms with E-state index in [4.69, 9.17) is 0 Å². The molecule has 1 fully saturated rings. The van der Waals surface area contributed by atoms with Crippen LogP contribution < -0.4 is 0 Å². The zero-order valence-corrected chi connectivity index (χ0v) is 17.9. The van der Waals surface area contributed by atoms with E-state index in [0.717, 1.165) is 22.4 Å². The molecule has 1 amide bonds. The number of hydrogen-bond donors (Lipinski definition) is 0. The van der Waals surface area contributed by atoms with Crippen molar-refractivity contribution in [2.75, 3.05) is 12.8 Å². The van der Waals surface area contributed by atoms with Crippen molar-refractivity contribution in [1.82, 2.24) is 9.88 Å². The SMILES string of the molecule is Cc1cccc(Cc2ccc(C3N(C)C(=O)CCS3(=O)=O)cc2)c1-c1ccccn1. The number of carbonyl (C=O) groups is 1. The van der Waals surface area contributed by atoms with Crippen LogP contribution >= 0.6 is 0 Å². The van der Waals surface area contributed by atoms with Crippen molar-refractivity contribution in [1.29, 1.82) is 0 Å². The fourth-order valence-corrected chi connectivity index (χ4v) is 5.95. The summed E-state index contributed by atoms with van der Waals surface area (Å²) in [7, 11) is -1.82. The highest BCUT2D eigenvalue weighted by Gasteiger charge is 2.38. The first-order valence-electron chi connectivity index (χ1n) is 9.93. The van der Waals surface area contributed by atoms with Gasteiger partial charge in [-0.3, -0.25) is 9.78 Å². The lowest BCUT2D eigenvalue weighted by molar-refractivity contribution is -0.130. The Hall–Kier alpha value is -2.99. The van der Waals surface area contributed by atoms with E-state index in [-0.39, 0.29) is 18.1 Å². The maximum Gasteiger partial charge on any atom is 0.224 e. The van der Waals surface area contributed by atoms with Gasteiger partial charge in [-0.15, -0.1) is 0 Å². The van der Waals surface area contributed by atoms with E-state index in [1.54, 1.807) is 13.2 Å². The number of rotatable bonds is 4. The van der Waals surface area contributed by atoms with Crippen molar-refractivity contribution in [3.8, 4) is 11.3 Å². The van der Waals surface area contributed by atoms with Crippen molar-refractivity contribution in [3.63, 3.8) is 0 Å². The Balaban J connectivity index is 1.64. The van der Waals surface area contributed by atoms with Gasteiger partial charge in [0.1, 0.15) is 0 Å². The van der Waals surface area contributed by atoms with Gasteiger partial charge in [0.25, 0.3) is 0 Å². The van der Waals surface area contributed by atoms with E-state index in [2.05, 4.69) is 24.0 Å². The molecule has 2 aromatic carbocycles. The Labute approximate surface area is 177 Å². The molecule has 1 atom stereocenters. The Morgan fingerprint density at radius 3 is 2.50 bits per heavy atom. The van der Waals surface area contributed by atoms with Crippen molar-refractivity contribution in [2.45, 2.75) is 25.1 Å². The van der Waals surface area contributed by atoms with Gasteiger partial charge in [-0.1, -0.05) is 48.5 Å². The van der Waals surface area contributed by atoms with E-state index in [1.165, 1.54) is 10.5 Å². The summed E-state index contributed by atoms with van der Waals surface area (Å²) in [6, 6.07) is 19.7. The fourth-order valence-electron chi connectivity index (χ4n) is 4.09. The summed E-state index contributed by atoms with van der Waals surface area (Å²) in [6.07, 6.45) is 2.56. The third-order valence-corrected chi connectivity index (χ3v) is 7.67. The summed E-state index contributed by atoms with van der Waals surface area (Å²) in [4.78, 5) is 17.9. The predicted molar refractivity (Wildman–Crippen MR) is 118 cm³/mol. The van der Waals surface area contributed by atoms with Crippen LogP contribution in [-0.2, 0) is 21.1 Å². The van der Waals surface area contributed by atoms with Crippen LogP contribution in [0.25, 0.3) is 11.3 Å². The van der Waals surface area contributed by atoms with Gasteiger partial charge < -0.3 is 4.90 Å². The number of pyridine rings is 1. The minimum Gasteiger partial charge on any atom is -0.325 e. The maximum atomic E-state index is 12.6. The van der Waals surface area contributed by atoms with Crippen molar-refractivity contribution in [3.05, 3.63) is 89.1 Å². The van der Waals surface area contributed by atoms with Crippen LogP contribution in [0.5, 0.6) is 0 Å². The Kier molecular flexibility index (Phi) is 5.43. The smallest absolute Gasteiger partial charge is 0.224 e. The molecule has 4 rings (SSSR count). The van der Waals surface area contributed by atoms with Crippen molar-refractivity contribution >= 4 is 15.7 Å². The second-order valence-corrected chi connectivity index (χ2v) is 9.90. The number of hydrogen-bond acceptors (Lipinski definition) is 4. The first kappa shape index (κ1) is 20.3. The highest BCUT2D eigenvalue weighted by molar-refractivity contribution is 7.91. The zero-order chi connectivity index (χ0) is 21.3. The second-order valence-electron chi connectivity index (χ2n) is 7.72. The van der Waals surface area contributed by atoms with E-state index in [0.29, 0.717) is 12.0 Å². The summed E-state index contributed by atoms with van der Waals surface area (Å²) >= 11 is 0. The van der Waals surface area contributed by atoms with Crippen LogP contribution in [0.4, 0.5) is 0 Å². The summed E-state index contributed by atoms with van der Waals surface area (Å²) in [5.41, 5.74) is 6.10. The summed E-state index contributed by atoms with van der Waals surface area (Å²) in [6.45, 7) is 2.08. The topological polar surface area (TPSA) is 67.3 Å². The average Bonchev–Trinajstić information content (AvgIpc) is 2.73. The summed E-state index contributed by atoms with van der Waals surface area (Å²) in [5.74, 6) is -0.238. The summed E-state index contributed by atoms with van der Waals surface area (Å²) in [5, 5.41) is -0.907. The minimum absolute atomic E-state index is 0.0527. The zero-order valence-electron chi connectivity index (χ0n) is 17.1. The quantitative estimate of drug-likeness (QED) is 0.642. The molecule has 2 heterocycles. The number of carbonyl (C=O) groups excluding carboxylic acids is 1. The molecule has 1 aromatic heterocycles. The van der Waals surface area contributed by atoms with Gasteiger partial charge in [-0.05, 0) is 47.7 Å². The Morgan fingerprint density at radius 1 is 1.03 bits per heavy atom. The molecular weight excluding hydrogens is 396 g/mol. The average molecular weight is 421 g/mol. The largest absolute Gasteiger partial charge is 0.325 e. The van der Waals surface area contributed by atoms with Crippen LogP contribution in [0.2, 0.25) is 0 Å². The number of aromatic nitrogens is 1. The van der Waals surface area contributed by atoms with Gasteiger partial charge in [0, 0.05) is 25.2 Å². The van der Waals surface area contributed by atoms with Crippen molar-refractivity contribution < 1.29 is 13.2 Å². The number of aryl methyl sites for hydroxylation is 1. The van der Waals surface area contributed by atoms with Crippen LogP contribution in [0, 0.1) is 6.92 Å². The van der Waals surface area contributed by atoms with Crippen LogP contribution in [-0.4, -0.2) is 37.0 Å². The van der Waals surface area contributed by atoms with E-state index < -0.39 is 15.2 Å². The monoisotopic (exact) mass is 420 g/mol. The molecule has 1 aliphatic heterocycles. The molecule has 0 aliphatic carbocycles. The molecule has 30 heavy (non-hydrogen) atoms. The highest BCUT2D eigenvalue weighted by atomic mass is 32.2. The first-order valence-corrected chi connectivity index (χ1v) is 11.6. The predicted octanol–water partition coefficient (Wildman–Crippen LogP) is 3.92. The molecule has 0 bridgehead atoms. The molecule has 6 heteroatoms. The molecule has 0 spiro atoms. The lowest BCUT2D eigenvalue weighted by Crippen LogP contribution is -2.42. The van der Waals surface area contributed by atoms with Crippen molar-refractivity contribution in [2.24, 2.45) is 0 Å². The normalized spacial score (nSPS) is 18.4. The van der Waals surface area contributed by atoms with Crippen LogP contribution in [0.1, 0.15) is 34.0 Å². The first-order chi connectivity index (χ1) is 14.4. The molecule has 5 nitrogen and oxygen atoms in total. The third kappa shape index (κ3) is 3.87. The number of benzene rings is 2. The molecule has 1 unspecified atom stereocenters. The standard InChI is InChI=1S/C24H24N2O3S/c1-17-6-5-7-20(23(17)21-8-3-4-14-25-21)16-18-9-11-19(12-10-18)24-26(2)22(27)13-15-30(24,28)29/h3-12,14,24H,13,15-16H2,1-2H3. The fraction of sp³-hybridized carbons (Fsp3) is 0.250. The van der Waals surface area contributed by atoms with Crippen LogP contribution in [0.15, 0.2) is 66.9 Å². The third-order valence-electron chi connectivity index (χ3n) is 5.63. The van der Waals surface area contributed by atoms with E-state index in [1.807, 2.05) is 48.5 Å². The van der Waals surface area contributed by atoms with E-state index in [9.17, 15) is 13.2 Å². The van der Waals surface area contributed by atoms with Gasteiger partial charge in [0.15, 0.2) is 15.2 Å². The summed E-state index contributed by atoms with van der Waals surface area (Å²) < 4.78 is 25.1. The molecule has 0 radical (unpaired) electrons. The van der Waals surface area contributed by atoms with Gasteiger partial charge in [-0.25, -0.2) is 8.42 Å². The molecule has 0 saturated carbocycles. The lowest BCUT2D eigenvalue weighted by Gasteiger charge is -2.32. The van der Waals surface area contributed by atoms with Gasteiger partial charge in [-0.2, -0.15) is 0 Å². The molecule has 154 valence electrons. The number of sulfone groups is 1. The highest BCUT2D eigenvalue weighted by Crippen LogP contribution is 2.32. The second kappa shape index (κ2) is 8.03. The number of nitrogens with zero attached hydrogens (tertiary/aromatic N) is 2. The Bertz CT molecular complexity index is 1170. The molecule has 0 N–H and O–H groups in total. The van der Waals surface area contributed by atoms with E-state index >= 15 is 0 Å². The molecular formula is C24H24N2O3S. The molecule has 1 saturated heterocycles. The van der Waals surface area contributed by atoms with Crippen LogP contribution in [0.3, 0.4) is 0 Å². The van der Waals surface area contributed by atoms with Gasteiger partial charge in [0.05, 0.1) is 11.4 Å². The maximum absolute atomic E-state index is 12.6. The minimum atomic E-state index is -3.38. The van der Waals surface area contributed by atoms with Gasteiger partial charge >= 0.3 is 0 Å². The Morgan fingerprint density at radius 2 is 1.80 bits per heavy atom. The molecule has 3 aromatic rings.